The van der Waals surface area contributed by atoms with E-state index in [2.05, 4.69) is 11.5 Å². The minimum atomic E-state index is -0.725. The first-order valence-corrected chi connectivity index (χ1v) is 4.94. The lowest BCUT2D eigenvalue weighted by atomic mass is 10.1. The first kappa shape index (κ1) is 11.0. The van der Waals surface area contributed by atoms with Crippen molar-refractivity contribution in [2.24, 2.45) is 0 Å². The van der Waals surface area contributed by atoms with Crippen LogP contribution in [0, 0.1) is 0 Å². The molecule has 2 rings (SSSR count). The molecule has 4 nitrogen and oxygen atoms in total. The molecule has 2 aromatic carbocycles. The van der Waals surface area contributed by atoms with Gasteiger partial charge in [0.05, 0.1) is 0 Å². The Labute approximate surface area is 97.6 Å². The quantitative estimate of drug-likeness (QED) is 0.500. The Hall–Kier alpha value is -2.49. The van der Waals surface area contributed by atoms with E-state index in [1.54, 1.807) is 18.2 Å². The van der Waals surface area contributed by atoms with Gasteiger partial charge in [-0.15, -0.1) is 0 Å². The number of carbonyl (C=O) groups excluding carboxylic acids is 1. The van der Waals surface area contributed by atoms with Gasteiger partial charge in [0.2, 0.25) is 5.75 Å². The van der Waals surface area contributed by atoms with E-state index in [-0.39, 0.29) is 11.5 Å². The van der Waals surface area contributed by atoms with Gasteiger partial charge in [-0.1, -0.05) is 36.9 Å². The summed E-state index contributed by atoms with van der Waals surface area (Å²) in [4.78, 5) is 20.2. The number of hydrogen-bond donors (Lipinski definition) is 1. The molecule has 1 N–H and O–H groups in total. The molecule has 0 spiro atoms. The number of phenols is 1. The van der Waals surface area contributed by atoms with Crippen molar-refractivity contribution in [2.45, 2.75) is 0 Å². The topological polar surface area (TPSA) is 55.8 Å². The fraction of sp³-hybridized carbons (Fsp3) is 0. The Morgan fingerprint density at radius 1 is 1.24 bits per heavy atom. The number of rotatable bonds is 3. The van der Waals surface area contributed by atoms with E-state index in [9.17, 15) is 9.90 Å². The third-order valence-electron chi connectivity index (χ3n) is 2.23. The van der Waals surface area contributed by atoms with Crippen molar-refractivity contribution in [2.75, 3.05) is 0 Å². The minimum Gasteiger partial charge on any atom is -0.504 e. The molecule has 0 aliphatic carbocycles. The van der Waals surface area contributed by atoms with E-state index in [0.717, 1.165) is 11.5 Å². The number of benzene rings is 2. The highest BCUT2D eigenvalue weighted by molar-refractivity contribution is 5.90. The van der Waals surface area contributed by atoms with E-state index in [1.165, 1.54) is 6.07 Å². The van der Waals surface area contributed by atoms with Crippen molar-refractivity contribution in [3.8, 4) is 11.5 Å². The Bertz CT molecular complexity index is 575. The van der Waals surface area contributed by atoms with E-state index in [4.69, 9.17) is 4.89 Å². The van der Waals surface area contributed by atoms with Crippen molar-refractivity contribution in [3.63, 3.8) is 0 Å². The van der Waals surface area contributed by atoms with Crippen molar-refractivity contribution < 1.29 is 19.7 Å². The molecule has 17 heavy (non-hydrogen) atoms. The zero-order valence-electron chi connectivity index (χ0n) is 8.92. The predicted molar refractivity (Wildman–Crippen MR) is 62.5 cm³/mol. The van der Waals surface area contributed by atoms with E-state index < -0.39 is 5.97 Å². The monoisotopic (exact) mass is 230 g/mol. The van der Waals surface area contributed by atoms with Crippen molar-refractivity contribution in [1.29, 1.82) is 0 Å². The van der Waals surface area contributed by atoms with Crippen LogP contribution < -0.4 is 4.89 Å². The fourth-order valence-electron chi connectivity index (χ4n) is 1.44. The van der Waals surface area contributed by atoms with Crippen LogP contribution in [0.2, 0.25) is 0 Å². The molecule has 0 aliphatic heterocycles. The summed E-state index contributed by atoms with van der Waals surface area (Å²) in [6.45, 7) is 3.24. The summed E-state index contributed by atoms with van der Waals surface area (Å²) in [6.07, 6.45) is 0.974. The van der Waals surface area contributed by atoms with Gasteiger partial charge in [-0.05, 0) is 11.5 Å². The van der Waals surface area contributed by atoms with Crippen molar-refractivity contribution in [3.05, 3.63) is 49.1 Å². The fourth-order valence-corrected chi connectivity index (χ4v) is 1.44. The van der Waals surface area contributed by atoms with Crippen LogP contribution in [-0.4, -0.2) is 11.1 Å². The molecule has 0 aliphatic rings. The summed E-state index contributed by atoms with van der Waals surface area (Å²) in [7, 11) is 0. The molecule has 0 radical (unpaired) electrons. The predicted octanol–water partition coefficient (Wildman–Crippen LogP) is 2.57. The first-order valence-electron chi connectivity index (χ1n) is 4.94. The summed E-state index contributed by atoms with van der Waals surface area (Å²) >= 11 is 0. The minimum absolute atomic E-state index is 0.0967. The highest BCUT2D eigenvalue weighted by atomic mass is 17.2. The summed E-state index contributed by atoms with van der Waals surface area (Å²) in [5.41, 5.74) is 0. The molecular weight excluding hydrogens is 220 g/mol. The molecule has 0 bridgehead atoms. The third kappa shape index (κ3) is 2.20. The van der Waals surface area contributed by atoms with Crippen LogP contribution in [0.3, 0.4) is 0 Å². The van der Waals surface area contributed by atoms with Gasteiger partial charge < -0.3 is 5.11 Å². The molecule has 0 atom stereocenters. The van der Waals surface area contributed by atoms with Gasteiger partial charge in [0, 0.05) is 11.5 Å². The lowest BCUT2D eigenvalue weighted by molar-refractivity contribution is -0.207. The number of aromatic hydroxyl groups is 1. The SMILES string of the molecule is C=CC(=O)OOc1c(O)ccc2ccccc12. The van der Waals surface area contributed by atoms with Gasteiger partial charge in [0.15, 0.2) is 5.75 Å². The molecule has 0 aromatic heterocycles. The van der Waals surface area contributed by atoms with Gasteiger partial charge >= 0.3 is 5.97 Å². The number of hydrogen-bond acceptors (Lipinski definition) is 4. The average Bonchev–Trinajstić information content (AvgIpc) is 2.37. The number of carbonyl (C=O) groups is 1. The van der Waals surface area contributed by atoms with Crippen LogP contribution in [0.1, 0.15) is 0 Å². The molecule has 2 aromatic rings. The molecule has 0 fully saturated rings. The summed E-state index contributed by atoms with van der Waals surface area (Å²) in [5.74, 6) is -0.712. The first-order chi connectivity index (χ1) is 8.22. The summed E-state index contributed by atoms with van der Waals surface area (Å²) in [6, 6.07) is 10.5. The van der Waals surface area contributed by atoms with Crippen LogP contribution in [0.15, 0.2) is 49.1 Å². The Balaban J connectivity index is 2.40. The van der Waals surface area contributed by atoms with Gasteiger partial charge in [0.25, 0.3) is 0 Å². The Morgan fingerprint density at radius 2 is 2.00 bits per heavy atom. The van der Waals surface area contributed by atoms with E-state index in [0.29, 0.717) is 5.39 Å². The maximum Gasteiger partial charge on any atom is 0.378 e. The highest BCUT2D eigenvalue weighted by Gasteiger charge is 2.10. The lowest BCUT2D eigenvalue weighted by Crippen LogP contribution is -2.04. The van der Waals surface area contributed by atoms with Crippen molar-refractivity contribution in [1.82, 2.24) is 0 Å². The second-order valence-electron chi connectivity index (χ2n) is 3.32. The lowest BCUT2D eigenvalue weighted by Gasteiger charge is -2.07. The van der Waals surface area contributed by atoms with Gasteiger partial charge in [-0.3, -0.25) is 4.89 Å². The Morgan fingerprint density at radius 3 is 2.76 bits per heavy atom. The van der Waals surface area contributed by atoms with Gasteiger partial charge in [0.1, 0.15) is 0 Å². The summed E-state index contributed by atoms with van der Waals surface area (Å²) in [5, 5.41) is 11.2. The molecule has 0 saturated carbocycles. The highest BCUT2D eigenvalue weighted by Crippen LogP contribution is 2.34. The van der Waals surface area contributed by atoms with Crippen LogP contribution in [0.25, 0.3) is 10.8 Å². The number of fused-ring (bicyclic) bond motifs is 1. The van der Waals surface area contributed by atoms with E-state index >= 15 is 0 Å². The molecule has 86 valence electrons. The standard InChI is InChI=1S/C13H10O4/c1-2-12(15)16-17-13-10-6-4-3-5-9(10)7-8-11(13)14/h2-8,14H,1H2. The van der Waals surface area contributed by atoms with Crippen LogP contribution in [0.4, 0.5) is 0 Å². The smallest absolute Gasteiger partial charge is 0.378 e. The molecule has 0 heterocycles. The van der Waals surface area contributed by atoms with Gasteiger partial charge in [-0.2, -0.15) is 0 Å². The molecule has 0 unspecified atom stereocenters. The third-order valence-corrected chi connectivity index (χ3v) is 2.23. The largest absolute Gasteiger partial charge is 0.504 e. The zero-order chi connectivity index (χ0) is 12.3. The van der Waals surface area contributed by atoms with Crippen molar-refractivity contribution >= 4 is 16.7 Å². The van der Waals surface area contributed by atoms with Crippen LogP contribution in [-0.2, 0) is 9.68 Å². The second-order valence-corrected chi connectivity index (χ2v) is 3.32. The molecule has 0 saturated heterocycles. The van der Waals surface area contributed by atoms with Crippen LogP contribution in [0.5, 0.6) is 11.5 Å². The second kappa shape index (κ2) is 4.57. The van der Waals surface area contributed by atoms with E-state index in [1.807, 2.05) is 12.1 Å². The molecule has 0 amide bonds. The van der Waals surface area contributed by atoms with Crippen LogP contribution >= 0.6 is 0 Å². The summed E-state index contributed by atoms with van der Waals surface area (Å²) < 4.78 is 0. The zero-order valence-corrected chi connectivity index (χ0v) is 8.92. The maximum atomic E-state index is 10.9. The molecule has 4 heteroatoms. The normalized spacial score (nSPS) is 9.88. The Kier molecular flexibility index (Phi) is 2.96. The van der Waals surface area contributed by atoms with Gasteiger partial charge in [-0.25, -0.2) is 9.68 Å². The maximum absolute atomic E-state index is 10.9. The number of phenolic OH excluding ortho intramolecular Hbond substituents is 1. The average molecular weight is 230 g/mol. The molecular formula is C13H10O4.